The van der Waals surface area contributed by atoms with E-state index < -0.39 is 5.60 Å². The molecule has 5 heteroatoms. The fraction of sp³-hybridized carbons (Fsp3) is 0.524. The van der Waals surface area contributed by atoms with Gasteiger partial charge in [-0.25, -0.2) is 4.98 Å². The van der Waals surface area contributed by atoms with E-state index in [1.54, 1.807) is 13.8 Å². The fourth-order valence-corrected chi connectivity index (χ4v) is 4.88. The number of aliphatic hydroxyl groups is 1. The first kappa shape index (κ1) is 17.3. The Hall–Kier alpha value is -2.14. The normalized spacial score (nSPS) is 28.7. The lowest BCUT2D eigenvalue weighted by atomic mass is 9.66. The predicted octanol–water partition coefficient (Wildman–Crippen LogP) is 3.58. The Morgan fingerprint density at radius 2 is 1.96 bits per heavy atom. The van der Waals surface area contributed by atoms with E-state index in [4.69, 9.17) is 4.42 Å². The molecule has 1 aromatic carbocycles. The van der Waals surface area contributed by atoms with Gasteiger partial charge in [0.25, 0.3) is 5.91 Å². The Labute approximate surface area is 154 Å². The van der Waals surface area contributed by atoms with Gasteiger partial charge >= 0.3 is 0 Å². The lowest BCUT2D eigenvalue weighted by Crippen LogP contribution is -2.59. The fourth-order valence-electron chi connectivity index (χ4n) is 4.88. The van der Waals surface area contributed by atoms with E-state index in [1.165, 1.54) is 0 Å². The van der Waals surface area contributed by atoms with Crippen LogP contribution < -0.4 is 0 Å². The lowest BCUT2D eigenvalue weighted by Gasteiger charge is -2.52. The van der Waals surface area contributed by atoms with Gasteiger partial charge < -0.3 is 14.4 Å². The average molecular weight is 354 g/mol. The van der Waals surface area contributed by atoms with E-state index in [2.05, 4.69) is 4.98 Å². The molecule has 1 saturated heterocycles. The van der Waals surface area contributed by atoms with E-state index in [-0.39, 0.29) is 17.9 Å². The second-order valence-electron chi connectivity index (χ2n) is 7.63. The van der Waals surface area contributed by atoms with Gasteiger partial charge in [0, 0.05) is 25.4 Å². The summed E-state index contributed by atoms with van der Waals surface area (Å²) >= 11 is 0. The molecule has 1 saturated carbocycles. The minimum absolute atomic E-state index is 0.0478. The third kappa shape index (κ3) is 2.75. The van der Waals surface area contributed by atoms with Crippen LogP contribution in [0, 0.1) is 19.8 Å². The Morgan fingerprint density at radius 3 is 2.65 bits per heavy atom. The van der Waals surface area contributed by atoms with Crippen molar-refractivity contribution in [2.45, 2.75) is 57.6 Å². The number of aryl methyl sites for hydroxylation is 2. The van der Waals surface area contributed by atoms with Crippen molar-refractivity contribution in [2.24, 2.45) is 5.92 Å². The number of likely N-dealkylation sites (tertiary alicyclic amines) is 1. The zero-order chi connectivity index (χ0) is 18.3. The Balaban J connectivity index is 1.67. The van der Waals surface area contributed by atoms with Gasteiger partial charge in [-0.1, -0.05) is 43.2 Å². The van der Waals surface area contributed by atoms with Crippen molar-refractivity contribution >= 4 is 5.91 Å². The molecule has 1 amide bonds. The van der Waals surface area contributed by atoms with Crippen molar-refractivity contribution < 1.29 is 14.3 Å². The van der Waals surface area contributed by atoms with Crippen LogP contribution in [-0.4, -0.2) is 33.5 Å². The number of hydrogen-bond donors (Lipinski definition) is 1. The number of aromatic nitrogens is 1. The smallest absolute Gasteiger partial charge is 0.276 e. The van der Waals surface area contributed by atoms with E-state index in [0.717, 1.165) is 31.2 Å². The molecule has 1 unspecified atom stereocenters. The molecule has 0 bridgehead atoms. The van der Waals surface area contributed by atoms with Crippen LogP contribution in [0.3, 0.4) is 0 Å². The highest BCUT2D eigenvalue weighted by Gasteiger charge is 2.50. The maximum absolute atomic E-state index is 13.2. The van der Waals surface area contributed by atoms with Gasteiger partial charge in [-0.2, -0.15) is 0 Å². The summed E-state index contributed by atoms with van der Waals surface area (Å²) in [6, 6.07) is 9.99. The third-order valence-corrected chi connectivity index (χ3v) is 6.12. The molecule has 3 atom stereocenters. The number of benzene rings is 1. The first-order valence-corrected chi connectivity index (χ1v) is 9.53. The Bertz CT molecular complexity index is 801. The van der Waals surface area contributed by atoms with E-state index in [1.807, 2.05) is 35.2 Å². The standard InChI is InChI=1S/C21H26N2O3/c1-14-19(22-15(2)26-14)20(24)23-13-12-21(25,16-8-4-3-5-9-16)17-10-6-7-11-18(17)23/h3-5,8-9,17-18,25H,6-7,10-13H2,1-2H3/t17-,18+,21?/m1/s1. The number of fused-ring (bicyclic) bond motifs is 1. The van der Waals surface area contributed by atoms with E-state index >= 15 is 0 Å². The van der Waals surface area contributed by atoms with Gasteiger partial charge in [-0.15, -0.1) is 0 Å². The van der Waals surface area contributed by atoms with Gasteiger partial charge in [0.2, 0.25) is 0 Å². The minimum Gasteiger partial charge on any atom is -0.445 e. The quantitative estimate of drug-likeness (QED) is 0.895. The van der Waals surface area contributed by atoms with Crippen molar-refractivity contribution in [1.82, 2.24) is 9.88 Å². The summed E-state index contributed by atoms with van der Waals surface area (Å²) in [4.78, 5) is 19.4. The average Bonchev–Trinajstić information content (AvgIpc) is 3.01. The van der Waals surface area contributed by atoms with Crippen molar-refractivity contribution in [1.29, 1.82) is 0 Å². The number of rotatable bonds is 2. The number of hydrogen-bond acceptors (Lipinski definition) is 4. The minimum atomic E-state index is -0.863. The highest BCUT2D eigenvalue weighted by atomic mass is 16.4. The summed E-state index contributed by atoms with van der Waals surface area (Å²) in [5.74, 6) is 1.09. The molecule has 2 heterocycles. The molecule has 1 aliphatic heterocycles. The highest BCUT2D eigenvalue weighted by Crippen LogP contribution is 2.47. The summed E-state index contributed by atoms with van der Waals surface area (Å²) in [5, 5.41) is 11.6. The summed E-state index contributed by atoms with van der Waals surface area (Å²) < 4.78 is 5.46. The SMILES string of the molecule is Cc1nc(C(=O)N2CCC(O)(c3ccccc3)[C@@H]3CCCC[C@@H]32)c(C)o1. The molecule has 2 aliphatic rings. The van der Waals surface area contributed by atoms with Crippen LogP contribution in [0.25, 0.3) is 0 Å². The Kier molecular flexibility index (Phi) is 4.35. The monoisotopic (exact) mass is 354 g/mol. The number of oxazole rings is 1. The molecule has 0 spiro atoms. The summed E-state index contributed by atoms with van der Waals surface area (Å²) in [5.41, 5.74) is 0.521. The first-order chi connectivity index (χ1) is 12.5. The van der Waals surface area contributed by atoms with Gasteiger partial charge in [0.05, 0.1) is 5.60 Å². The van der Waals surface area contributed by atoms with Crippen LogP contribution in [-0.2, 0) is 5.60 Å². The van der Waals surface area contributed by atoms with Gasteiger partial charge in [0.1, 0.15) is 5.76 Å². The summed E-state index contributed by atoms with van der Waals surface area (Å²) in [7, 11) is 0. The maximum Gasteiger partial charge on any atom is 0.276 e. The van der Waals surface area contributed by atoms with Crippen LogP contribution in [0.15, 0.2) is 34.7 Å². The predicted molar refractivity (Wildman–Crippen MR) is 97.7 cm³/mol. The molecule has 0 radical (unpaired) electrons. The van der Waals surface area contributed by atoms with Gasteiger partial charge in [0.15, 0.2) is 11.6 Å². The van der Waals surface area contributed by atoms with Crippen LogP contribution in [0.5, 0.6) is 0 Å². The van der Waals surface area contributed by atoms with Gasteiger partial charge in [-0.3, -0.25) is 4.79 Å². The van der Waals surface area contributed by atoms with Crippen molar-refractivity contribution in [3.05, 3.63) is 53.2 Å². The number of carbonyl (C=O) groups is 1. The van der Waals surface area contributed by atoms with E-state index in [9.17, 15) is 9.90 Å². The second kappa shape index (κ2) is 6.54. The summed E-state index contributed by atoms with van der Waals surface area (Å²) in [6.45, 7) is 4.09. The van der Waals surface area contributed by atoms with Gasteiger partial charge in [-0.05, 0) is 31.7 Å². The van der Waals surface area contributed by atoms with Crippen molar-refractivity contribution in [2.75, 3.05) is 6.54 Å². The molecule has 1 aliphatic carbocycles. The molecule has 2 aromatic rings. The molecular weight excluding hydrogens is 328 g/mol. The zero-order valence-corrected chi connectivity index (χ0v) is 15.4. The van der Waals surface area contributed by atoms with E-state index in [0.29, 0.717) is 30.3 Å². The maximum atomic E-state index is 13.2. The molecule has 1 N–H and O–H groups in total. The highest BCUT2D eigenvalue weighted by molar-refractivity contribution is 5.93. The molecule has 1 aromatic heterocycles. The number of piperidine rings is 1. The first-order valence-electron chi connectivity index (χ1n) is 9.53. The Morgan fingerprint density at radius 1 is 1.23 bits per heavy atom. The number of amides is 1. The summed E-state index contributed by atoms with van der Waals surface area (Å²) in [6.07, 6.45) is 4.62. The molecule has 26 heavy (non-hydrogen) atoms. The number of nitrogens with zero attached hydrogens (tertiary/aromatic N) is 2. The van der Waals surface area contributed by atoms with Crippen molar-refractivity contribution in [3.63, 3.8) is 0 Å². The van der Waals surface area contributed by atoms with Crippen LogP contribution in [0.1, 0.15) is 59.8 Å². The molecule has 5 nitrogen and oxygen atoms in total. The molecule has 2 fully saturated rings. The number of carbonyl (C=O) groups excluding carboxylic acids is 1. The van der Waals surface area contributed by atoms with Crippen molar-refractivity contribution in [3.8, 4) is 0 Å². The third-order valence-electron chi connectivity index (χ3n) is 6.12. The van der Waals surface area contributed by atoms with Crippen LogP contribution in [0.2, 0.25) is 0 Å². The molecular formula is C21H26N2O3. The zero-order valence-electron chi connectivity index (χ0n) is 15.4. The second-order valence-corrected chi connectivity index (χ2v) is 7.63. The van der Waals surface area contributed by atoms with Crippen LogP contribution in [0.4, 0.5) is 0 Å². The largest absolute Gasteiger partial charge is 0.445 e. The lowest BCUT2D eigenvalue weighted by molar-refractivity contribution is -0.110. The topological polar surface area (TPSA) is 66.6 Å². The molecule has 4 rings (SSSR count). The molecule has 138 valence electrons. The van der Waals surface area contributed by atoms with Crippen LogP contribution >= 0.6 is 0 Å².